The lowest BCUT2D eigenvalue weighted by Gasteiger charge is -1.98. The quantitative estimate of drug-likeness (QED) is 0.648. The highest BCUT2D eigenvalue weighted by molar-refractivity contribution is 5.84. The molecule has 3 aromatic rings. The molecule has 0 amide bonds. The van der Waals surface area contributed by atoms with Gasteiger partial charge in [0.1, 0.15) is 0 Å². The van der Waals surface area contributed by atoms with Crippen LogP contribution < -0.4 is 0 Å². The number of aromatic nitrogens is 3. The Labute approximate surface area is 86.8 Å². The van der Waals surface area contributed by atoms with Gasteiger partial charge in [0.2, 0.25) is 0 Å². The Kier molecular flexibility index (Phi) is 1.75. The largest absolute Gasteiger partial charge is 0.361 e. The monoisotopic (exact) mass is 195 g/mol. The van der Waals surface area contributed by atoms with Gasteiger partial charge in [-0.15, -0.1) is 0 Å². The van der Waals surface area contributed by atoms with Crippen molar-refractivity contribution < 1.29 is 0 Å². The first-order valence-corrected chi connectivity index (χ1v) is 4.79. The number of fused-ring (bicyclic) bond motifs is 1. The molecule has 3 nitrogen and oxygen atoms in total. The van der Waals surface area contributed by atoms with Crippen molar-refractivity contribution in [1.82, 2.24) is 15.2 Å². The van der Waals surface area contributed by atoms with E-state index in [1.165, 1.54) is 5.39 Å². The van der Waals surface area contributed by atoms with Gasteiger partial charge in [0.15, 0.2) is 0 Å². The van der Waals surface area contributed by atoms with E-state index in [1.807, 2.05) is 24.4 Å². The average Bonchev–Trinajstić information content (AvgIpc) is 2.77. The topological polar surface area (TPSA) is 41.6 Å². The minimum absolute atomic E-state index is 0.903. The fourth-order valence-corrected chi connectivity index (χ4v) is 1.67. The van der Waals surface area contributed by atoms with Gasteiger partial charge in [-0.3, -0.25) is 0 Å². The Balaban J connectivity index is 2.19. The van der Waals surface area contributed by atoms with Crippen LogP contribution in [0.3, 0.4) is 0 Å². The van der Waals surface area contributed by atoms with Crippen molar-refractivity contribution in [3.05, 3.63) is 48.8 Å². The molecule has 0 aliphatic carbocycles. The molecule has 2 aromatic heterocycles. The smallest absolute Gasteiger partial charge is 0.0929 e. The second-order valence-corrected chi connectivity index (χ2v) is 3.39. The lowest BCUT2D eigenvalue weighted by Crippen LogP contribution is -1.84. The van der Waals surface area contributed by atoms with Crippen LogP contribution >= 0.6 is 0 Å². The fraction of sp³-hybridized carbons (Fsp3) is 0. The van der Waals surface area contributed by atoms with Crippen LogP contribution in [0, 0.1) is 0 Å². The van der Waals surface area contributed by atoms with Crippen molar-refractivity contribution in [3.8, 4) is 11.3 Å². The Hall–Kier alpha value is -2.16. The van der Waals surface area contributed by atoms with Gasteiger partial charge >= 0.3 is 0 Å². The molecule has 72 valence electrons. The molecule has 0 radical (unpaired) electrons. The van der Waals surface area contributed by atoms with E-state index in [1.54, 1.807) is 6.20 Å². The normalized spacial score (nSPS) is 10.7. The van der Waals surface area contributed by atoms with Crippen LogP contribution in [0.4, 0.5) is 0 Å². The Morgan fingerprint density at radius 3 is 2.93 bits per heavy atom. The first-order chi connectivity index (χ1) is 7.43. The molecule has 0 atom stereocenters. The van der Waals surface area contributed by atoms with E-state index in [0.717, 1.165) is 16.8 Å². The van der Waals surface area contributed by atoms with Crippen molar-refractivity contribution in [3.63, 3.8) is 0 Å². The predicted octanol–water partition coefficient (Wildman–Crippen LogP) is 2.62. The number of hydrogen-bond donors (Lipinski definition) is 1. The average molecular weight is 195 g/mol. The standard InChI is InChI=1S/C12H9N3/c1-2-12(15-14-6-1)9-3-4-11-10(8-9)5-7-13-11/h1-8,13H. The van der Waals surface area contributed by atoms with E-state index in [0.29, 0.717) is 0 Å². The molecule has 0 saturated heterocycles. The van der Waals surface area contributed by atoms with Crippen molar-refractivity contribution >= 4 is 10.9 Å². The van der Waals surface area contributed by atoms with Crippen LogP contribution in [-0.4, -0.2) is 15.2 Å². The minimum atomic E-state index is 0.903. The summed E-state index contributed by atoms with van der Waals surface area (Å²) < 4.78 is 0. The first-order valence-electron chi connectivity index (χ1n) is 4.79. The molecule has 0 unspecified atom stereocenters. The molecular weight excluding hydrogens is 186 g/mol. The molecule has 0 fully saturated rings. The zero-order chi connectivity index (χ0) is 10.1. The van der Waals surface area contributed by atoms with Gasteiger partial charge < -0.3 is 4.98 Å². The second-order valence-electron chi connectivity index (χ2n) is 3.39. The molecule has 0 saturated carbocycles. The molecular formula is C12H9N3. The maximum absolute atomic E-state index is 4.08. The summed E-state index contributed by atoms with van der Waals surface area (Å²) in [6.07, 6.45) is 3.61. The SMILES string of the molecule is c1cnnc(-c2ccc3[nH]ccc3c2)c1. The van der Waals surface area contributed by atoms with Crippen LogP contribution in [0.1, 0.15) is 0 Å². The number of benzene rings is 1. The lowest BCUT2D eigenvalue weighted by molar-refractivity contribution is 1.04. The summed E-state index contributed by atoms with van der Waals surface area (Å²) in [6.45, 7) is 0. The number of hydrogen-bond acceptors (Lipinski definition) is 2. The van der Waals surface area contributed by atoms with E-state index in [-0.39, 0.29) is 0 Å². The van der Waals surface area contributed by atoms with E-state index < -0.39 is 0 Å². The van der Waals surface area contributed by atoms with Gasteiger partial charge in [-0.1, -0.05) is 6.07 Å². The number of aromatic amines is 1. The Morgan fingerprint density at radius 1 is 1.07 bits per heavy atom. The molecule has 15 heavy (non-hydrogen) atoms. The number of nitrogens with one attached hydrogen (secondary N) is 1. The minimum Gasteiger partial charge on any atom is -0.361 e. The molecule has 1 aromatic carbocycles. The van der Waals surface area contributed by atoms with Gasteiger partial charge in [0.05, 0.1) is 5.69 Å². The van der Waals surface area contributed by atoms with Crippen molar-refractivity contribution in [2.24, 2.45) is 0 Å². The highest BCUT2D eigenvalue weighted by Gasteiger charge is 2.00. The van der Waals surface area contributed by atoms with Crippen LogP contribution in [0.5, 0.6) is 0 Å². The second kappa shape index (κ2) is 3.20. The molecule has 1 N–H and O–H groups in total. The summed E-state index contributed by atoms with van der Waals surface area (Å²) >= 11 is 0. The molecule has 0 aliphatic heterocycles. The van der Waals surface area contributed by atoms with Crippen molar-refractivity contribution in [2.75, 3.05) is 0 Å². The molecule has 0 bridgehead atoms. The third-order valence-corrected chi connectivity index (χ3v) is 2.42. The summed E-state index contributed by atoms with van der Waals surface area (Å²) in [4.78, 5) is 3.16. The zero-order valence-electron chi connectivity index (χ0n) is 8.01. The predicted molar refractivity (Wildman–Crippen MR) is 59.3 cm³/mol. The van der Waals surface area contributed by atoms with Crippen LogP contribution in [-0.2, 0) is 0 Å². The number of H-pyrrole nitrogens is 1. The summed E-state index contributed by atoms with van der Waals surface area (Å²) in [7, 11) is 0. The molecule has 3 heteroatoms. The Morgan fingerprint density at radius 2 is 2.07 bits per heavy atom. The summed E-state index contributed by atoms with van der Waals surface area (Å²) in [5, 5.41) is 9.14. The lowest BCUT2D eigenvalue weighted by atomic mass is 10.1. The van der Waals surface area contributed by atoms with Gasteiger partial charge in [-0.2, -0.15) is 10.2 Å². The van der Waals surface area contributed by atoms with Crippen LogP contribution in [0.15, 0.2) is 48.8 Å². The van der Waals surface area contributed by atoms with Crippen LogP contribution in [0.2, 0.25) is 0 Å². The molecule has 3 rings (SSSR count). The maximum Gasteiger partial charge on any atom is 0.0929 e. The van der Waals surface area contributed by atoms with Gasteiger partial charge in [-0.25, -0.2) is 0 Å². The van der Waals surface area contributed by atoms with E-state index >= 15 is 0 Å². The van der Waals surface area contributed by atoms with E-state index in [2.05, 4.69) is 33.4 Å². The zero-order valence-corrected chi connectivity index (χ0v) is 8.01. The molecule has 0 aliphatic rings. The summed E-state index contributed by atoms with van der Waals surface area (Å²) in [5.74, 6) is 0. The van der Waals surface area contributed by atoms with Gasteiger partial charge in [-0.05, 0) is 30.3 Å². The van der Waals surface area contributed by atoms with Crippen LogP contribution in [0.25, 0.3) is 22.2 Å². The van der Waals surface area contributed by atoms with E-state index in [4.69, 9.17) is 0 Å². The third kappa shape index (κ3) is 1.38. The molecule has 2 heterocycles. The summed E-state index contributed by atoms with van der Waals surface area (Å²) in [5.41, 5.74) is 3.14. The summed E-state index contributed by atoms with van der Waals surface area (Å²) in [6, 6.07) is 12.1. The Bertz CT molecular complexity index is 584. The maximum atomic E-state index is 4.08. The van der Waals surface area contributed by atoms with Gasteiger partial charge in [0, 0.05) is 28.9 Å². The van der Waals surface area contributed by atoms with Gasteiger partial charge in [0.25, 0.3) is 0 Å². The number of nitrogens with zero attached hydrogens (tertiary/aromatic N) is 2. The highest BCUT2D eigenvalue weighted by Crippen LogP contribution is 2.21. The molecule has 0 spiro atoms. The third-order valence-electron chi connectivity index (χ3n) is 2.42. The highest BCUT2D eigenvalue weighted by atomic mass is 15.1. The first kappa shape index (κ1) is 8.17. The number of rotatable bonds is 1. The van der Waals surface area contributed by atoms with Crippen molar-refractivity contribution in [1.29, 1.82) is 0 Å². The van der Waals surface area contributed by atoms with E-state index in [9.17, 15) is 0 Å². The fourth-order valence-electron chi connectivity index (χ4n) is 1.67. The van der Waals surface area contributed by atoms with Crippen molar-refractivity contribution in [2.45, 2.75) is 0 Å².